The number of nitrogens with one attached hydrogen (secondary N) is 1. The number of carbonyl (C=O) groups is 3. The van der Waals surface area contributed by atoms with Gasteiger partial charge in [0, 0.05) is 37.8 Å². The molecule has 0 saturated carbocycles. The Balaban J connectivity index is 2.11. The summed E-state index contributed by atoms with van der Waals surface area (Å²) in [6, 6.07) is 3.30. The van der Waals surface area contributed by atoms with Gasteiger partial charge in [-0.3, -0.25) is 9.59 Å². The van der Waals surface area contributed by atoms with Crippen molar-refractivity contribution in [2.24, 2.45) is 5.92 Å². The minimum Gasteiger partial charge on any atom is -0.489 e. The molecule has 2 aliphatic heterocycles. The molecule has 0 bridgehead atoms. The van der Waals surface area contributed by atoms with Crippen molar-refractivity contribution in [3.05, 3.63) is 41.2 Å². The van der Waals surface area contributed by atoms with Gasteiger partial charge in [-0.2, -0.15) is 0 Å². The highest BCUT2D eigenvalue weighted by molar-refractivity contribution is 6.13. The smallest absolute Gasteiger partial charge is 0.341 e. The molecule has 1 aromatic rings. The third-order valence-electron chi connectivity index (χ3n) is 5.93. The summed E-state index contributed by atoms with van der Waals surface area (Å²) in [7, 11) is 1.28. The minimum atomic E-state index is -0.598. The van der Waals surface area contributed by atoms with E-state index in [0.717, 1.165) is 31.4 Å². The molecule has 3 rings (SSSR count). The summed E-state index contributed by atoms with van der Waals surface area (Å²) >= 11 is 0. The van der Waals surface area contributed by atoms with Crippen LogP contribution >= 0.6 is 0 Å². The van der Waals surface area contributed by atoms with E-state index < -0.39 is 11.9 Å². The van der Waals surface area contributed by atoms with E-state index in [1.807, 2.05) is 11.8 Å². The zero-order chi connectivity index (χ0) is 25.4. The van der Waals surface area contributed by atoms with Crippen molar-refractivity contribution < 1.29 is 33.3 Å². The first kappa shape index (κ1) is 26.3. The van der Waals surface area contributed by atoms with Crippen LogP contribution < -0.4 is 15.0 Å². The Bertz CT molecular complexity index is 1010. The number of benzene rings is 1. The van der Waals surface area contributed by atoms with E-state index in [0.29, 0.717) is 30.3 Å². The molecule has 9 heteroatoms. The lowest BCUT2D eigenvalue weighted by molar-refractivity contribution is -0.141. The van der Waals surface area contributed by atoms with Gasteiger partial charge in [-0.25, -0.2) is 4.79 Å². The summed E-state index contributed by atoms with van der Waals surface area (Å²) in [5, 5.41) is 2.90. The summed E-state index contributed by atoms with van der Waals surface area (Å²) in [5.41, 5.74) is 2.90. The quantitative estimate of drug-likeness (QED) is 0.315. The lowest BCUT2D eigenvalue weighted by Crippen LogP contribution is -2.39. The van der Waals surface area contributed by atoms with E-state index in [4.69, 9.17) is 18.9 Å². The monoisotopic (exact) mass is 486 g/mol. The Labute approximate surface area is 206 Å². The van der Waals surface area contributed by atoms with Crippen LogP contribution in [-0.2, 0) is 23.8 Å². The Kier molecular flexibility index (Phi) is 9.31. The predicted molar refractivity (Wildman–Crippen MR) is 131 cm³/mol. The van der Waals surface area contributed by atoms with Crippen molar-refractivity contribution in [1.29, 1.82) is 0 Å². The van der Waals surface area contributed by atoms with Crippen molar-refractivity contribution >= 4 is 29.2 Å². The number of nitrogens with zero attached hydrogens (tertiary/aromatic N) is 1. The number of carbonyl (C=O) groups excluding carboxylic acids is 3. The van der Waals surface area contributed by atoms with Crippen molar-refractivity contribution in [1.82, 2.24) is 0 Å². The molecule has 0 spiro atoms. The predicted octanol–water partition coefficient (Wildman–Crippen LogP) is 4.19. The van der Waals surface area contributed by atoms with Crippen molar-refractivity contribution in [2.75, 3.05) is 43.8 Å². The largest absolute Gasteiger partial charge is 0.489 e. The third kappa shape index (κ3) is 6.22. The summed E-state index contributed by atoms with van der Waals surface area (Å²) < 4.78 is 21.3. The highest BCUT2D eigenvalue weighted by atomic mass is 16.6. The fraction of sp³-hybridized carbons (Fsp3) is 0.500. The Morgan fingerprint density at radius 2 is 1.97 bits per heavy atom. The number of fused-ring (bicyclic) bond motifs is 1. The normalized spacial score (nSPS) is 17.6. The van der Waals surface area contributed by atoms with Crippen molar-refractivity contribution in [2.45, 2.75) is 46.5 Å². The Hall–Kier alpha value is -3.33. The van der Waals surface area contributed by atoms with E-state index >= 15 is 0 Å². The van der Waals surface area contributed by atoms with Crippen LogP contribution in [0, 0.1) is 5.92 Å². The van der Waals surface area contributed by atoms with Crippen LogP contribution in [0.15, 0.2) is 35.7 Å². The number of ether oxygens (including phenoxy) is 4. The molecule has 190 valence electrons. The van der Waals surface area contributed by atoms with Crippen LogP contribution in [0.2, 0.25) is 0 Å². The van der Waals surface area contributed by atoms with Gasteiger partial charge in [0.05, 0.1) is 18.5 Å². The molecule has 35 heavy (non-hydrogen) atoms. The standard InChI is InChI=1S/C26H34N2O7/c1-5-7-8-22(18-9-11-33-12-10-18)28-21(6-2)25(30)27-20-15-19(26(31)32-4)24(16-23(20)28)35-14-13-34-17(3)29/h6,8,15-16,18H,5,7,9-14H2,1-4H3,(H,27,30)/b21-6-,22-8+. The number of rotatable bonds is 9. The second-order valence-electron chi connectivity index (χ2n) is 8.31. The summed E-state index contributed by atoms with van der Waals surface area (Å²) in [6.07, 6.45) is 7.52. The fourth-order valence-corrected chi connectivity index (χ4v) is 4.26. The molecule has 0 aliphatic carbocycles. The van der Waals surface area contributed by atoms with Crippen molar-refractivity contribution in [3.63, 3.8) is 0 Å². The average molecular weight is 487 g/mol. The number of unbranched alkanes of at least 4 members (excludes halogenated alkanes) is 1. The number of anilines is 2. The molecule has 0 radical (unpaired) electrons. The molecule has 1 amide bonds. The maximum atomic E-state index is 13.1. The van der Waals surface area contributed by atoms with Gasteiger partial charge in [-0.15, -0.1) is 0 Å². The highest BCUT2D eigenvalue weighted by Gasteiger charge is 2.35. The number of methoxy groups -OCH3 is 1. The molecule has 2 heterocycles. The van der Waals surface area contributed by atoms with E-state index in [9.17, 15) is 14.4 Å². The SMILES string of the molecule is C/C=C1/C(=O)Nc2cc(C(=O)OC)c(OCCOC(C)=O)cc2N1/C(=C/CCC)C1CCOCC1. The van der Waals surface area contributed by atoms with E-state index in [1.54, 1.807) is 18.2 Å². The highest BCUT2D eigenvalue weighted by Crippen LogP contribution is 2.44. The first-order valence-corrected chi connectivity index (χ1v) is 12.0. The van der Waals surface area contributed by atoms with Gasteiger partial charge in [0.1, 0.15) is 30.2 Å². The van der Waals surface area contributed by atoms with Gasteiger partial charge >= 0.3 is 11.9 Å². The maximum absolute atomic E-state index is 13.1. The number of allylic oxidation sites excluding steroid dienone is 3. The van der Waals surface area contributed by atoms with E-state index in [2.05, 4.69) is 18.3 Å². The van der Waals surface area contributed by atoms with Crippen molar-refractivity contribution in [3.8, 4) is 5.75 Å². The van der Waals surface area contributed by atoms with Gasteiger partial charge < -0.3 is 29.2 Å². The molecule has 1 fully saturated rings. The number of hydrogen-bond acceptors (Lipinski definition) is 8. The van der Waals surface area contributed by atoms with Gasteiger partial charge in [0.15, 0.2) is 0 Å². The molecule has 1 saturated heterocycles. The second-order valence-corrected chi connectivity index (χ2v) is 8.31. The summed E-state index contributed by atoms with van der Waals surface area (Å²) in [4.78, 5) is 38.7. The molecule has 0 unspecified atom stereocenters. The molecule has 0 aromatic heterocycles. The molecular formula is C26H34N2O7. The lowest BCUT2D eigenvalue weighted by Gasteiger charge is -2.39. The molecular weight excluding hydrogens is 452 g/mol. The topological polar surface area (TPSA) is 103 Å². The Morgan fingerprint density at radius 1 is 1.23 bits per heavy atom. The van der Waals surface area contributed by atoms with Crippen LogP contribution in [0.5, 0.6) is 5.75 Å². The minimum absolute atomic E-state index is 0.0390. The average Bonchev–Trinajstić information content (AvgIpc) is 2.86. The van der Waals surface area contributed by atoms with Gasteiger partial charge in [0.25, 0.3) is 5.91 Å². The number of esters is 2. The van der Waals surface area contributed by atoms with Crippen LogP contribution in [-0.4, -0.2) is 51.4 Å². The van der Waals surface area contributed by atoms with Gasteiger partial charge in [-0.1, -0.05) is 25.5 Å². The first-order valence-electron chi connectivity index (χ1n) is 12.0. The van der Waals surface area contributed by atoms with E-state index in [-0.39, 0.29) is 36.4 Å². The summed E-state index contributed by atoms with van der Waals surface area (Å²) in [6.45, 7) is 6.69. The van der Waals surface area contributed by atoms with Crippen LogP contribution in [0.25, 0.3) is 0 Å². The van der Waals surface area contributed by atoms with E-state index in [1.165, 1.54) is 14.0 Å². The van der Waals surface area contributed by atoms with Gasteiger partial charge in [-0.05, 0) is 32.3 Å². The molecule has 2 aliphatic rings. The van der Waals surface area contributed by atoms with Crippen LogP contribution in [0.3, 0.4) is 0 Å². The lowest BCUT2D eigenvalue weighted by atomic mass is 9.92. The summed E-state index contributed by atoms with van der Waals surface area (Å²) in [5.74, 6) is -0.771. The number of amides is 1. The zero-order valence-electron chi connectivity index (χ0n) is 20.8. The Morgan fingerprint density at radius 3 is 2.60 bits per heavy atom. The van der Waals surface area contributed by atoms with Crippen LogP contribution in [0.4, 0.5) is 11.4 Å². The van der Waals surface area contributed by atoms with Crippen LogP contribution in [0.1, 0.15) is 56.8 Å². The first-order chi connectivity index (χ1) is 16.9. The van der Waals surface area contributed by atoms with Gasteiger partial charge in [0.2, 0.25) is 0 Å². The molecule has 0 atom stereocenters. The zero-order valence-corrected chi connectivity index (χ0v) is 20.8. The second kappa shape index (κ2) is 12.4. The molecule has 1 aromatic carbocycles. The third-order valence-corrected chi connectivity index (χ3v) is 5.93. The molecule has 9 nitrogen and oxygen atoms in total. The number of hydrogen-bond donors (Lipinski definition) is 1. The maximum Gasteiger partial charge on any atom is 0.341 e. The molecule has 1 N–H and O–H groups in total. The fourth-order valence-electron chi connectivity index (χ4n) is 4.26.